The summed E-state index contributed by atoms with van der Waals surface area (Å²) in [5.41, 5.74) is 0. The lowest BCUT2D eigenvalue weighted by atomic mass is 10.2. The Balaban J connectivity index is 1.39. The standard InChI is InChI=1S/C17H28N6O2/c1-25-13-12-20-4-6-21(7-5-20)15-17(24)23-10-8-22(9-11-23)16-14-18-2-3-19-16/h2-3,14H,4-13,15H2,1H3. The molecule has 1 amide bonds. The van der Waals surface area contributed by atoms with Gasteiger partial charge in [0.2, 0.25) is 5.91 Å². The zero-order valence-electron chi connectivity index (χ0n) is 15.0. The fourth-order valence-electron chi connectivity index (χ4n) is 3.32. The van der Waals surface area contributed by atoms with Gasteiger partial charge < -0.3 is 14.5 Å². The average molecular weight is 348 g/mol. The second-order valence-corrected chi connectivity index (χ2v) is 6.54. The van der Waals surface area contributed by atoms with E-state index in [1.54, 1.807) is 25.7 Å². The highest BCUT2D eigenvalue weighted by molar-refractivity contribution is 5.78. The Labute approximate surface area is 149 Å². The third-order valence-electron chi connectivity index (χ3n) is 4.94. The largest absolute Gasteiger partial charge is 0.383 e. The van der Waals surface area contributed by atoms with Gasteiger partial charge in [0.05, 0.1) is 19.3 Å². The molecule has 3 heterocycles. The van der Waals surface area contributed by atoms with Crippen molar-refractivity contribution in [2.24, 2.45) is 0 Å². The molecule has 2 aliphatic rings. The van der Waals surface area contributed by atoms with Crippen LogP contribution in [0.5, 0.6) is 0 Å². The first-order chi connectivity index (χ1) is 12.3. The van der Waals surface area contributed by atoms with Crippen molar-refractivity contribution >= 4 is 11.7 Å². The van der Waals surface area contributed by atoms with Crippen LogP contribution in [0, 0.1) is 0 Å². The van der Waals surface area contributed by atoms with Gasteiger partial charge in [-0.15, -0.1) is 0 Å². The summed E-state index contributed by atoms with van der Waals surface area (Å²) >= 11 is 0. The number of amides is 1. The molecule has 0 aromatic carbocycles. The number of anilines is 1. The van der Waals surface area contributed by atoms with Crippen molar-refractivity contribution < 1.29 is 9.53 Å². The molecule has 1 aromatic rings. The minimum atomic E-state index is 0.240. The Bertz CT molecular complexity index is 527. The van der Waals surface area contributed by atoms with Gasteiger partial charge in [-0.2, -0.15) is 0 Å². The topological polar surface area (TPSA) is 65.0 Å². The molecule has 2 aliphatic heterocycles. The van der Waals surface area contributed by atoms with E-state index in [1.807, 2.05) is 4.90 Å². The molecule has 0 atom stereocenters. The first-order valence-corrected chi connectivity index (χ1v) is 8.98. The molecule has 8 nitrogen and oxygen atoms in total. The molecule has 2 fully saturated rings. The predicted octanol–water partition coefficient (Wildman–Crippen LogP) is -0.611. The van der Waals surface area contributed by atoms with E-state index in [0.717, 1.165) is 71.3 Å². The van der Waals surface area contributed by atoms with Crippen molar-refractivity contribution in [3.63, 3.8) is 0 Å². The SMILES string of the molecule is COCCN1CCN(CC(=O)N2CCN(c3cnccn3)CC2)CC1. The van der Waals surface area contributed by atoms with E-state index in [4.69, 9.17) is 4.74 Å². The second-order valence-electron chi connectivity index (χ2n) is 6.54. The molecule has 0 N–H and O–H groups in total. The number of carbonyl (C=O) groups is 1. The van der Waals surface area contributed by atoms with E-state index in [-0.39, 0.29) is 5.91 Å². The number of ether oxygens (including phenoxy) is 1. The van der Waals surface area contributed by atoms with E-state index < -0.39 is 0 Å². The molecule has 25 heavy (non-hydrogen) atoms. The molecule has 1 aromatic heterocycles. The van der Waals surface area contributed by atoms with Gasteiger partial charge in [-0.1, -0.05) is 0 Å². The lowest BCUT2D eigenvalue weighted by Crippen LogP contribution is -2.54. The maximum atomic E-state index is 12.6. The van der Waals surface area contributed by atoms with Crippen LogP contribution in [0.15, 0.2) is 18.6 Å². The first-order valence-electron chi connectivity index (χ1n) is 8.98. The van der Waals surface area contributed by atoms with Crippen LogP contribution < -0.4 is 4.90 Å². The minimum Gasteiger partial charge on any atom is -0.383 e. The molecule has 0 saturated carbocycles. The number of rotatable bonds is 6. The molecule has 0 spiro atoms. The fraction of sp³-hybridized carbons (Fsp3) is 0.706. The minimum absolute atomic E-state index is 0.240. The van der Waals surface area contributed by atoms with E-state index in [2.05, 4.69) is 24.7 Å². The monoisotopic (exact) mass is 348 g/mol. The third-order valence-corrected chi connectivity index (χ3v) is 4.94. The first kappa shape index (κ1) is 18.0. The lowest BCUT2D eigenvalue weighted by molar-refractivity contribution is -0.133. The summed E-state index contributed by atoms with van der Waals surface area (Å²) in [7, 11) is 1.74. The average Bonchev–Trinajstić information content (AvgIpc) is 2.68. The summed E-state index contributed by atoms with van der Waals surface area (Å²) in [5.74, 6) is 1.13. The van der Waals surface area contributed by atoms with Gasteiger partial charge in [0.15, 0.2) is 0 Å². The zero-order chi connectivity index (χ0) is 17.5. The van der Waals surface area contributed by atoms with Crippen molar-refractivity contribution in [1.82, 2.24) is 24.7 Å². The quantitative estimate of drug-likeness (QED) is 0.679. The van der Waals surface area contributed by atoms with E-state index in [0.29, 0.717) is 6.54 Å². The van der Waals surface area contributed by atoms with Gasteiger partial charge in [0.25, 0.3) is 0 Å². The molecule has 2 saturated heterocycles. The van der Waals surface area contributed by atoms with Crippen molar-refractivity contribution in [3.8, 4) is 0 Å². The van der Waals surface area contributed by atoms with Crippen LogP contribution in [0.4, 0.5) is 5.82 Å². The normalized spacial score (nSPS) is 20.0. The van der Waals surface area contributed by atoms with Crippen LogP contribution in [0.2, 0.25) is 0 Å². The summed E-state index contributed by atoms with van der Waals surface area (Å²) in [4.78, 5) is 29.8. The number of hydrogen-bond donors (Lipinski definition) is 0. The Morgan fingerprint density at radius 3 is 2.40 bits per heavy atom. The molecular weight excluding hydrogens is 320 g/mol. The molecular formula is C17H28N6O2. The van der Waals surface area contributed by atoms with Crippen LogP contribution in [0.25, 0.3) is 0 Å². The zero-order valence-corrected chi connectivity index (χ0v) is 15.0. The second kappa shape index (κ2) is 9.07. The Morgan fingerprint density at radius 2 is 1.76 bits per heavy atom. The van der Waals surface area contributed by atoms with Crippen molar-refractivity contribution in [3.05, 3.63) is 18.6 Å². The number of nitrogens with zero attached hydrogens (tertiary/aromatic N) is 6. The highest BCUT2D eigenvalue weighted by Gasteiger charge is 2.25. The van der Waals surface area contributed by atoms with Crippen molar-refractivity contribution in [1.29, 1.82) is 0 Å². The highest BCUT2D eigenvalue weighted by Crippen LogP contribution is 2.12. The number of aromatic nitrogens is 2. The molecule has 0 unspecified atom stereocenters. The van der Waals surface area contributed by atoms with Crippen LogP contribution in [-0.2, 0) is 9.53 Å². The summed E-state index contributed by atoms with van der Waals surface area (Å²) in [5, 5.41) is 0. The van der Waals surface area contributed by atoms with Crippen molar-refractivity contribution in [2.45, 2.75) is 0 Å². The predicted molar refractivity (Wildman–Crippen MR) is 95.6 cm³/mol. The van der Waals surface area contributed by atoms with Crippen LogP contribution in [-0.4, -0.2) is 110 Å². The molecule has 8 heteroatoms. The van der Waals surface area contributed by atoms with Crippen LogP contribution in [0.3, 0.4) is 0 Å². The van der Waals surface area contributed by atoms with Gasteiger partial charge in [-0.25, -0.2) is 4.98 Å². The third kappa shape index (κ3) is 5.10. The van der Waals surface area contributed by atoms with E-state index >= 15 is 0 Å². The van der Waals surface area contributed by atoms with E-state index in [9.17, 15) is 4.79 Å². The highest BCUT2D eigenvalue weighted by atomic mass is 16.5. The molecule has 0 bridgehead atoms. The van der Waals surface area contributed by atoms with Crippen LogP contribution >= 0.6 is 0 Å². The fourth-order valence-corrected chi connectivity index (χ4v) is 3.32. The Morgan fingerprint density at radius 1 is 1.04 bits per heavy atom. The Kier molecular flexibility index (Phi) is 6.55. The van der Waals surface area contributed by atoms with Gasteiger partial charge >= 0.3 is 0 Å². The number of piperazine rings is 2. The van der Waals surface area contributed by atoms with Crippen molar-refractivity contribution in [2.75, 3.05) is 84.1 Å². The summed E-state index contributed by atoms with van der Waals surface area (Å²) in [6, 6.07) is 0. The number of hydrogen-bond acceptors (Lipinski definition) is 7. The molecule has 0 aliphatic carbocycles. The smallest absolute Gasteiger partial charge is 0.236 e. The van der Waals surface area contributed by atoms with E-state index in [1.165, 1.54) is 0 Å². The van der Waals surface area contributed by atoms with Gasteiger partial charge in [-0.3, -0.25) is 19.6 Å². The maximum absolute atomic E-state index is 12.6. The maximum Gasteiger partial charge on any atom is 0.236 e. The Hall–Kier alpha value is -1.77. The van der Waals surface area contributed by atoms with Gasteiger partial charge in [0, 0.05) is 78.4 Å². The molecule has 0 radical (unpaired) electrons. The summed E-state index contributed by atoms with van der Waals surface area (Å²) in [6.07, 6.45) is 5.16. The number of methoxy groups -OCH3 is 1. The van der Waals surface area contributed by atoms with Gasteiger partial charge in [0.1, 0.15) is 5.82 Å². The molecule has 3 rings (SSSR count). The van der Waals surface area contributed by atoms with Gasteiger partial charge in [-0.05, 0) is 0 Å². The lowest BCUT2D eigenvalue weighted by Gasteiger charge is -2.38. The summed E-state index contributed by atoms with van der Waals surface area (Å²) in [6.45, 7) is 9.34. The van der Waals surface area contributed by atoms with Crippen LogP contribution in [0.1, 0.15) is 0 Å². The number of carbonyl (C=O) groups excluding carboxylic acids is 1. The molecule has 138 valence electrons. The summed E-state index contributed by atoms with van der Waals surface area (Å²) < 4.78 is 5.13.